The van der Waals surface area contributed by atoms with E-state index in [4.69, 9.17) is 4.74 Å². The van der Waals surface area contributed by atoms with Crippen molar-refractivity contribution in [2.24, 2.45) is 5.92 Å². The minimum absolute atomic E-state index is 0.185. The normalized spacial score (nSPS) is 14.8. The first kappa shape index (κ1) is 12.2. The Morgan fingerprint density at radius 3 is 2.65 bits per heavy atom. The molecule has 1 saturated carbocycles. The molecule has 0 N–H and O–H groups in total. The third-order valence-electron chi connectivity index (χ3n) is 3.36. The maximum Gasteiger partial charge on any atom is 0.134 e. The van der Waals surface area contributed by atoms with Crippen LogP contribution in [0.25, 0.3) is 0 Å². The number of rotatable bonds is 5. The fourth-order valence-corrected chi connectivity index (χ4v) is 1.94. The van der Waals surface area contributed by atoms with Gasteiger partial charge in [0.15, 0.2) is 0 Å². The average Bonchev–Trinajstić information content (AvgIpc) is 3.06. The van der Waals surface area contributed by atoms with Gasteiger partial charge in [-0.15, -0.1) is 0 Å². The molecule has 0 heterocycles. The number of hydrogen-bond acceptors (Lipinski definition) is 2. The minimum Gasteiger partial charge on any atom is -0.493 e. The van der Waals surface area contributed by atoms with Gasteiger partial charge in [0.1, 0.15) is 11.5 Å². The molecule has 1 aromatic carbocycles. The summed E-state index contributed by atoms with van der Waals surface area (Å²) in [5.41, 5.74) is 3.42. The van der Waals surface area contributed by atoms with E-state index in [0.29, 0.717) is 6.42 Å². The van der Waals surface area contributed by atoms with Crippen molar-refractivity contribution in [3.8, 4) is 5.75 Å². The standard InChI is InChI=1S/C15H20O2/c1-10-4-7-14(8-11(2)16)15(12(10)3)17-9-13-5-6-13/h4,7,13H,5-6,8-9H2,1-3H3. The van der Waals surface area contributed by atoms with Gasteiger partial charge in [-0.25, -0.2) is 0 Å². The van der Waals surface area contributed by atoms with Crippen LogP contribution in [0.4, 0.5) is 0 Å². The van der Waals surface area contributed by atoms with Crippen LogP contribution < -0.4 is 4.74 Å². The van der Waals surface area contributed by atoms with Crippen molar-refractivity contribution in [1.82, 2.24) is 0 Å². The van der Waals surface area contributed by atoms with Crippen molar-refractivity contribution in [3.05, 3.63) is 28.8 Å². The zero-order valence-electron chi connectivity index (χ0n) is 10.9. The Kier molecular flexibility index (Phi) is 3.51. The quantitative estimate of drug-likeness (QED) is 0.779. The highest BCUT2D eigenvalue weighted by molar-refractivity contribution is 5.79. The molecule has 0 radical (unpaired) electrons. The zero-order chi connectivity index (χ0) is 12.4. The Morgan fingerprint density at radius 2 is 2.06 bits per heavy atom. The van der Waals surface area contributed by atoms with Crippen LogP contribution in [-0.2, 0) is 11.2 Å². The number of ether oxygens (including phenoxy) is 1. The van der Waals surface area contributed by atoms with E-state index in [-0.39, 0.29) is 5.78 Å². The first-order valence-corrected chi connectivity index (χ1v) is 6.29. The number of ketones is 1. The average molecular weight is 232 g/mol. The Morgan fingerprint density at radius 1 is 1.35 bits per heavy atom. The van der Waals surface area contributed by atoms with Gasteiger partial charge >= 0.3 is 0 Å². The first-order chi connectivity index (χ1) is 8.08. The molecule has 0 bridgehead atoms. The Bertz CT molecular complexity index is 431. The molecule has 0 aliphatic heterocycles. The summed E-state index contributed by atoms with van der Waals surface area (Å²) in [6.45, 7) is 6.58. The van der Waals surface area contributed by atoms with E-state index in [0.717, 1.165) is 23.8 Å². The predicted molar refractivity (Wildman–Crippen MR) is 68.5 cm³/mol. The number of benzene rings is 1. The first-order valence-electron chi connectivity index (χ1n) is 6.29. The highest BCUT2D eigenvalue weighted by Crippen LogP contribution is 2.32. The summed E-state index contributed by atoms with van der Waals surface area (Å²) < 4.78 is 5.92. The van der Waals surface area contributed by atoms with Gasteiger partial charge in [-0.1, -0.05) is 12.1 Å². The van der Waals surface area contributed by atoms with Crippen molar-refractivity contribution >= 4 is 5.78 Å². The lowest BCUT2D eigenvalue weighted by molar-refractivity contribution is -0.116. The lowest BCUT2D eigenvalue weighted by atomic mass is 10.0. The van der Waals surface area contributed by atoms with Crippen LogP contribution in [0.2, 0.25) is 0 Å². The van der Waals surface area contributed by atoms with Gasteiger partial charge < -0.3 is 4.74 Å². The van der Waals surface area contributed by atoms with Crippen LogP contribution in [0.15, 0.2) is 12.1 Å². The lowest BCUT2D eigenvalue weighted by Crippen LogP contribution is -2.06. The monoisotopic (exact) mass is 232 g/mol. The summed E-state index contributed by atoms with van der Waals surface area (Å²) in [6.07, 6.45) is 3.04. The molecule has 0 atom stereocenters. The van der Waals surface area contributed by atoms with Crippen LogP contribution >= 0.6 is 0 Å². The fraction of sp³-hybridized carbons (Fsp3) is 0.533. The van der Waals surface area contributed by atoms with E-state index in [1.807, 2.05) is 6.07 Å². The molecule has 2 rings (SSSR count). The molecule has 0 unspecified atom stereocenters. The molecule has 0 saturated heterocycles. The molecule has 0 amide bonds. The fourth-order valence-electron chi connectivity index (χ4n) is 1.94. The molecular formula is C15H20O2. The summed E-state index contributed by atoms with van der Waals surface area (Å²) in [4.78, 5) is 11.3. The Balaban J connectivity index is 2.22. The van der Waals surface area contributed by atoms with E-state index in [1.165, 1.54) is 24.0 Å². The summed E-state index contributed by atoms with van der Waals surface area (Å²) in [7, 11) is 0. The second-order valence-electron chi connectivity index (χ2n) is 5.13. The van der Waals surface area contributed by atoms with E-state index >= 15 is 0 Å². The number of carbonyl (C=O) groups is 1. The third-order valence-corrected chi connectivity index (χ3v) is 3.36. The van der Waals surface area contributed by atoms with Crippen molar-refractivity contribution in [1.29, 1.82) is 0 Å². The SMILES string of the molecule is CC(=O)Cc1ccc(C)c(C)c1OCC1CC1. The van der Waals surface area contributed by atoms with E-state index in [9.17, 15) is 4.79 Å². The smallest absolute Gasteiger partial charge is 0.134 e. The van der Waals surface area contributed by atoms with Gasteiger partial charge in [-0.3, -0.25) is 4.79 Å². The highest BCUT2D eigenvalue weighted by Gasteiger charge is 2.23. The molecule has 1 aromatic rings. The second kappa shape index (κ2) is 4.91. The van der Waals surface area contributed by atoms with E-state index in [2.05, 4.69) is 19.9 Å². The summed E-state index contributed by atoms with van der Waals surface area (Å²) >= 11 is 0. The number of hydrogen-bond donors (Lipinski definition) is 0. The van der Waals surface area contributed by atoms with Gasteiger partial charge in [-0.05, 0) is 50.7 Å². The molecule has 0 spiro atoms. The minimum atomic E-state index is 0.185. The van der Waals surface area contributed by atoms with Crippen LogP contribution in [0.5, 0.6) is 5.75 Å². The Labute approximate surface area is 103 Å². The van der Waals surface area contributed by atoms with Gasteiger partial charge in [0.2, 0.25) is 0 Å². The number of Topliss-reactive ketones (excluding diaryl/α,β-unsaturated/α-hetero) is 1. The van der Waals surface area contributed by atoms with Crippen LogP contribution in [0.1, 0.15) is 36.5 Å². The van der Waals surface area contributed by atoms with Crippen molar-refractivity contribution in [2.75, 3.05) is 6.61 Å². The maximum absolute atomic E-state index is 11.3. The van der Waals surface area contributed by atoms with Gasteiger partial charge in [-0.2, -0.15) is 0 Å². The summed E-state index contributed by atoms with van der Waals surface area (Å²) in [6, 6.07) is 4.09. The summed E-state index contributed by atoms with van der Waals surface area (Å²) in [5, 5.41) is 0. The topological polar surface area (TPSA) is 26.3 Å². The van der Waals surface area contributed by atoms with Gasteiger partial charge in [0.05, 0.1) is 6.61 Å². The van der Waals surface area contributed by atoms with Crippen molar-refractivity contribution in [2.45, 2.75) is 40.0 Å². The number of aryl methyl sites for hydroxylation is 1. The molecule has 1 aliphatic carbocycles. The van der Waals surface area contributed by atoms with Crippen molar-refractivity contribution < 1.29 is 9.53 Å². The maximum atomic E-state index is 11.3. The van der Waals surface area contributed by atoms with Gasteiger partial charge in [0, 0.05) is 12.0 Å². The van der Waals surface area contributed by atoms with E-state index < -0.39 is 0 Å². The number of carbonyl (C=O) groups excluding carboxylic acids is 1. The van der Waals surface area contributed by atoms with Crippen LogP contribution in [0, 0.1) is 19.8 Å². The molecule has 17 heavy (non-hydrogen) atoms. The lowest BCUT2D eigenvalue weighted by Gasteiger charge is -2.15. The van der Waals surface area contributed by atoms with E-state index in [1.54, 1.807) is 6.92 Å². The predicted octanol–water partition coefficient (Wildman–Crippen LogP) is 3.22. The molecule has 92 valence electrons. The van der Waals surface area contributed by atoms with Gasteiger partial charge in [0.25, 0.3) is 0 Å². The molecular weight excluding hydrogens is 212 g/mol. The molecule has 2 heteroatoms. The molecule has 2 nitrogen and oxygen atoms in total. The summed E-state index contributed by atoms with van der Waals surface area (Å²) in [5.74, 6) is 1.86. The zero-order valence-corrected chi connectivity index (χ0v) is 10.9. The van der Waals surface area contributed by atoms with Crippen molar-refractivity contribution in [3.63, 3.8) is 0 Å². The van der Waals surface area contributed by atoms with Crippen LogP contribution in [0.3, 0.4) is 0 Å². The molecule has 0 aromatic heterocycles. The third kappa shape index (κ3) is 3.09. The molecule has 1 aliphatic rings. The highest BCUT2D eigenvalue weighted by atomic mass is 16.5. The largest absolute Gasteiger partial charge is 0.493 e. The Hall–Kier alpha value is -1.31. The second-order valence-corrected chi connectivity index (χ2v) is 5.13. The molecule has 1 fully saturated rings. The van der Waals surface area contributed by atoms with Crippen LogP contribution in [-0.4, -0.2) is 12.4 Å².